The summed E-state index contributed by atoms with van der Waals surface area (Å²) in [4.78, 5) is 31.6. The van der Waals surface area contributed by atoms with Gasteiger partial charge in [0.25, 0.3) is 0 Å². The van der Waals surface area contributed by atoms with Crippen LogP contribution in [0.4, 0.5) is 0 Å². The number of hydrogen-bond acceptors (Lipinski definition) is 5. The van der Waals surface area contributed by atoms with E-state index in [2.05, 4.69) is 10.1 Å². The molecule has 0 saturated carbocycles. The highest BCUT2D eigenvalue weighted by molar-refractivity contribution is 5.81. The molecular formula is C18H21N5O3. The lowest BCUT2D eigenvalue weighted by Crippen LogP contribution is -2.39. The zero-order chi connectivity index (χ0) is 18.1. The quantitative estimate of drug-likeness (QED) is 0.716. The number of likely N-dealkylation sites (tertiary alicyclic amines) is 1. The zero-order valence-corrected chi connectivity index (χ0v) is 14.7. The first kappa shape index (κ1) is 16.6. The molecular weight excluding hydrogens is 334 g/mol. The van der Waals surface area contributed by atoms with Gasteiger partial charge in [0.05, 0.1) is 17.1 Å². The SMILES string of the molecule is Cn1c(=O)n(CC(=O)N2CCCCCC2c2ncon2)c2ccccc21. The molecule has 4 rings (SSSR count). The third kappa shape index (κ3) is 2.81. The molecule has 1 aliphatic heterocycles. The first-order valence-electron chi connectivity index (χ1n) is 8.87. The van der Waals surface area contributed by atoms with Gasteiger partial charge in [-0.25, -0.2) is 4.79 Å². The number of amides is 1. The van der Waals surface area contributed by atoms with Crippen LogP contribution >= 0.6 is 0 Å². The van der Waals surface area contributed by atoms with Crippen LogP contribution in [-0.2, 0) is 18.4 Å². The van der Waals surface area contributed by atoms with Gasteiger partial charge < -0.3 is 9.42 Å². The van der Waals surface area contributed by atoms with Crippen LogP contribution < -0.4 is 5.69 Å². The highest BCUT2D eigenvalue weighted by Gasteiger charge is 2.30. The van der Waals surface area contributed by atoms with Crippen molar-refractivity contribution in [3.63, 3.8) is 0 Å². The Bertz CT molecular complexity index is 973. The molecule has 1 atom stereocenters. The summed E-state index contributed by atoms with van der Waals surface area (Å²) in [5, 5.41) is 3.94. The van der Waals surface area contributed by atoms with E-state index in [9.17, 15) is 9.59 Å². The number of fused-ring (bicyclic) bond motifs is 1. The van der Waals surface area contributed by atoms with Crippen LogP contribution in [-0.4, -0.2) is 36.6 Å². The van der Waals surface area contributed by atoms with E-state index in [4.69, 9.17) is 4.52 Å². The summed E-state index contributed by atoms with van der Waals surface area (Å²) >= 11 is 0. The number of para-hydroxylation sites is 2. The summed E-state index contributed by atoms with van der Waals surface area (Å²) in [6.45, 7) is 0.645. The smallest absolute Gasteiger partial charge is 0.329 e. The summed E-state index contributed by atoms with van der Waals surface area (Å²) in [6.07, 6.45) is 5.10. The molecule has 1 aliphatic rings. The van der Waals surface area contributed by atoms with Crippen LogP contribution in [0.3, 0.4) is 0 Å². The van der Waals surface area contributed by atoms with Gasteiger partial charge in [0.2, 0.25) is 12.3 Å². The van der Waals surface area contributed by atoms with Crippen LogP contribution in [0.25, 0.3) is 11.0 Å². The van der Waals surface area contributed by atoms with Gasteiger partial charge in [0, 0.05) is 13.6 Å². The van der Waals surface area contributed by atoms with Gasteiger partial charge in [0.15, 0.2) is 5.82 Å². The van der Waals surface area contributed by atoms with Gasteiger partial charge in [-0.3, -0.25) is 13.9 Å². The highest BCUT2D eigenvalue weighted by Crippen LogP contribution is 2.28. The number of hydrogen-bond donors (Lipinski definition) is 0. The van der Waals surface area contributed by atoms with Crippen LogP contribution in [0.2, 0.25) is 0 Å². The summed E-state index contributed by atoms with van der Waals surface area (Å²) in [6, 6.07) is 7.30. The molecule has 0 aliphatic carbocycles. The molecule has 1 amide bonds. The van der Waals surface area contributed by atoms with E-state index in [1.54, 1.807) is 16.5 Å². The lowest BCUT2D eigenvalue weighted by atomic mass is 10.1. The summed E-state index contributed by atoms with van der Waals surface area (Å²) in [5.74, 6) is 0.436. The second-order valence-electron chi connectivity index (χ2n) is 6.66. The third-order valence-corrected chi connectivity index (χ3v) is 5.09. The number of imidazole rings is 1. The summed E-state index contributed by atoms with van der Waals surface area (Å²) in [5.41, 5.74) is 1.39. The number of carbonyl (C=O) groups excluding carboxylic acids is 1. The second-order valence-corrected chi connectivity index (χ2v) is 6.66. The Hall–Kier alpha value is -2.90. The predicted octanol–water partition coefficient (Wildman–Crippen LogP) is 1.87. The minimum Gasteiger partial charge on any atom is -0.343 e. The van der Waals surface area contributed by atoms with Gasteiger partial charge in [-0.05, 0) is 25.0 Å². The highest BCUT2D eigenvalue weighted by atomic mass is 16.5. The third-order valence-electron chi connectivity index (χ3n) is 5.09. The minimum absolute atomic E-state index is 0.00847. The van der Waals surface area contributed by atoms with Crippen molar-refractivity contribution in [2.45, 2.75) is 38.3 Å². The molecule has 0 N–H and O–H groups in total. The molecule has 8 heteroatoms. The van der Waals surface area contributed by atoms with Crippen LogP contribution in [0.1, 0.15) is 37.5 Å². The molecule has 0 spiro atoms. The first-order valence-corrected chi connectivity index (χ1v) is 8.87. The van der Waals surface area contributed by atoms with Crippen LogP contribution in [0.5, 0.6) is 0 Å². The van der Waals surface area contributed by atoms with Crippen molar-refractivity contribution in [3.8, 4) is 0 Å². The molecule has 3 heterocycles. The number of benzene rings is 1. The Balaban J connectivity index is 1.67. The fourth-order valence-electron chi connectivity index (χ4n) is 3.74. The average Bonchev–Trinajstić information content (AvgIpc) is 3.18. The number of carbonyl (C=O) groups is 1. The normalized spacial score (nSPS) is 18.2. The molecule has 2 aromatic heterocycles. The first-order chi connectivity index (χ1) is 12.7. The molecule has 1 saturated heterocycles. The minimum atomic E-state index is -0.200. The van der Waals surface area contributed by atoms with E-state index in [-0.39, 0.29) is 24.2 Å². The second kappa shape index (κ2) is 6.78. The molecule has 0 bridgehead atoms. The van der Waals surface area contributed by atoms with Gasteiger partial charge in [-0.2, -0.15) is 4.98 Å². The lowest BCUT2D eigenvalue weighted by molar-refractivity contribution is -0.134. The van der Waals surface area contributed by atoms with Crippen molar-refractivity contribution in [2.24, 2.45) is 7.05 Å². The molecule has 8 nitrogen and oxygen atoms in total. The van der Waals surface area contributed by atoms with Crippen molar-refractivity contribution in [1.29, 1.82) is 0 Å². The van der Waals surface area contributed by atoms with Gasteiger partial charge in [-0.15, -0.1) is 0 Å². The number of rotatable bonds is 3. The van der Waals surface area contributed by atoms with Gasteiger partial charge in [0.1, 0.15) is 6.54 Å². The Kier molecular flexibility index (Phi) is 4.32. The van der Waals surface area contributed by atoms with E-state index in [1.165, 1.54) is 11.0 Å². The largest absolute Gasteiger partial charge is 0.343 e. The molecule has 3 aromatic rings. The van der Waals surface area contributed by atoms with E-state index in [1.807, 2.05) is 24.3 Å². The molecule has 1 aromatic carbocycles. The van der Waals surface area contributed by atoms with E-state index in [0.717, 1.165) is 36.7 Å². The standard InChI is InChI=1S/C18H21N5O3/c1-21-13-7-4-5-8-14(13)23(18(21)25)11-16(24)22-10-6-2-3-9-15(22)17-19-12-26-20-17/h4-5,7-8,12,15H,2-3,6,9-11H2,1H3. The summed E-state index contributed by atoms with van der Waals surface area (Å²) in [7, 11) is 1.72. The van der Waals surface area contributed by atoms with Crippen molar-refractivity contribution >= 4 is 16.9 Å². The maximum Gasteiger partial charge on any atom is 0.329 e. The van der Waals surface area contributed by atoms with E-state index >= 15 is 0 Å². The number of aromatic nitrogens is 4. The fraction of sp³-hybridized carbons (Fsp3) is 0.444. The van der Waals surface area contributed by atoms with Crippen molar-refractivity contribution in [1.82, 2.24) is 24.2 Å². The van der Waals surface area contributed by atoms with E-state index < -0.39 is 0 Å². The maximum absolute atomic E-state index is 13.1. The summed E-state index contributed by atoms with van der Waals surface area (Å²) < 4.78 is 7.99. The number of aryl methyl sites for hydroxylation is 1. The van der Waals surface area contributed by atoms with Crippen LogP contribution in [0, 0.1) is 0 Å². The maximum atomic E-state index is 13.1. The fourth-order valence-corrected chi connectivity index (χ4v) is 3.74. The molecule has 26 heavy (non-hydrogen) atoms. The topological polar surface area (TPSA) is 86.2 Å². The predicted molar refractivity (Wildman–Crippen MR) is 94.4 cm³/mol. The molecule has 1 fully saturated rings. The lowest BCUT2D eigenvalue weighted by Gasteiger charge is -2.28. The molecule has 0 radical (unpaired) electrons. The van der Waals surface area contributed by atoms with Gasteiger partial charge >= 0.3 is 5.69 Å². The van der Waals surface area contributed by atoms with Crippen molar-refractivity contribution in [2.75, 3.05) is 6.54 Å². The van der Waals surface area contributed by atoms with Crippen molar-refractivity contribution in [3.05, 3.63) is 47.0 Å². The Morgan fingerprint density at radius 2 is 2.04 bits per heavy atom. The van der Waals surface area contributed by atoms with Gasteiger partial charge in [-0.1, -0.05) is 30.1 Å². The van der Waals surface area contributed by atoms with Crippen LogP contribution in [0.15, 0.2) is 40.0 Å². The Morgan fingerprint density at radius 3 is 2.81 bits per heavy atom. The number of nitrogens with zero attached hydrogens (tertiary/aromatic N) is 5. The van der Waals surface area contributed by atoms with E-state index in [0.29, 0.717) is 12.4 Å². The Morgan fingerprint density at radius 1 is 1.23 bits per heavy atom. The molecule has 1 unspecified atom stereocenters. The average molecular weight is 355 g/mol. The Labute approximate surface area is 150 Å². The van der Waals surface area contributed by atoms with Crippen molar-refractivity contribution < 1.29 is 9.32 Å². The molecule has 136 valence electrons. The monoisotopic (exact) mass is 355 g/mol. The zero-order valence-electron chi connectivity index (χ0n) is 14.7.